The molecular formula is C25H23Cl2N3O3S2. The maximum atomic E-state index is 13.4. The van der Waals surface area contributed by atoms with Crippen LogP contribution in [-0.2, 0) is 4.79 Å². The third-order valence-electron chi connectivity index (χ3n) is 5.47. The molecule has 182 valence electrons. The van der Waals surface area contributed by atoms with Crippen molar-refractivity contribution in [2.75, 3.05) is 6.54 Å². The van der Waals surface area contributed by atoms with Crippen molar-refractivity contribution in [2.24, 2.45) is 0 Å². The molecule has 35 heavy (non-hydrogen) atoms. The molecule has 2 aromatic heterocycles. The molecule has 3 aromatic rings. The van der Waals surface area contributed by atoms with Gasteiger partial charge in [-0.2, -0.15) is 4.98 Å². The Morgan fingerprint density at radius 2 is 1.91 bits per heavy atom. The van der Waals surface area contributed by atoms with Crippen LogP contribution in [0.25, 0.3) is 11.7 Å². The van der Waals surface area contributed by atoms with Crippen LogP contribution < -0.4 is 10.3 Å². The van der Waals surface area contributed by atoms with Crippen LogP contribution in [0.2, 0.25) is 10.0 Å². The molecule has 1 fully saturated rings. The quantitative estimate of drug-likeness (QED) is 0.164. The molecule has 4 rings (SSSR count). The fourth-order valence-electron chi connectivity index (χ4n) is 3.64. The highest BCUT2D eigenvalue weighted by Gasteiger charge is 2.32. The van der Waals surface area contributed by atoms with Crippen molar-refractivity contribution < 1.29 is 9.53 Å². The van der Waals surface area contributed by atoms with Crippen molar-refractivity contribution in [3.8, 4) is 11.6 Å². The van der Waals surface area contributed by atoms with E-state index in [9.17, 15) is 9.59 Å². The van der Waals surface area contributed by atoms with Gasteiger partial charge in [0, 0.05) is 17.8 Å². The monoisotopic (exact) mass is 547 g/mol. The molecular weight excluding hydrogens is 525 g/mol. The molecule has 1 aliphatic heterocycles. The number of benzene rings is 1. The van der Waals surface area contributed by atoms with E-state index in [0.717, 1.165) is 25.7 Å². The smallest absolute Gasteiger partial charge is 0.269 e. The number of carbonyl (C=O) groups excluding carboxylic acids is 1. The summed E-state index contributed by atoms with van der Waals surface area (Å²) in [5.41, 5.74) is 0.151. The zero-order valence-corrected chi connectivity index (χ0v) is 22.1. The zero-order valence-electron chi connectivity index (χ0n) is 19.0. The number of ether oxygens (including phenoxy) is 1. The number of thioether (sulfide) groups is 1. The number of thiocarbonyl (C=S) groups is 1. The maximum Gasteiger partial charge on any atom is 0.269 e. The number of pyridine rings is 1. The standard InChI is InChI=1S/C25H23Cl2N3O3S2/c1-2-3-4-5-7-13-30-24(32)20(35-25(30)34)15-17-22(33-19-11-10-16(26)14-18(19)27)28-21-9-6-8-12-29(21)23(17)31/h6,8-12,14-15H,2-5,7,13H2,1H3/b20-15+. The molecule has 0 N–H and O–H groups in total. The van der Waals surface area contributed by atoms with E-state index in [1.165, 1.54) is 34.7 Å². The number of unbranched alkanes of at least 4 members (excludes halogenated alkanes) is 4. The van der Waals surface area contributed by atoms with E-state index in [2.05, 4.69) is 11.9 Å². The minimum atomic E-state index is -0.375. The summed E-state index contributed by atoms with van der Waals surface area (Å²) in [5, 5.41) is 0.723. The van der Waals surface area contributed by atoms with Crippen molar-refractivity contribution in [3.63, 3.8) is 0 Å². The van der Waals surface area contributed by atoms with Crippen LogP contribution in [-0.4, -0.2) is 31.1 Å². The lowest BCUT2D eigenvalue weighted by atomic mass is 10.1. The van der Waals surface area contributed by atoms with Gasteiger partial charge in [-0.25, -0.2) is 0 Å². The lowest BCUT2D eigenvalue weighted by molar-refractivity contribution is -0.122. The summed E-state index contributed by atoms with van der Waals surface area (Å²) in [6, 6.07) is 9.96. The third-order valence-corrected chi connectivity index (χ3v) is 7.38. The molecule has 0 atom stereocenters. The second kappa shape index (κ2) is 11.6. The number of hydrogen-bond donors (Lipinski definition) is 0. The maximum absolute atomic E-state index is 13.4. The number of aromatic nitrogens is 2. The van der Waals surface area contributed by atoms with Crippen molar-refractivity contribution in [3.05, 3.63) is 73.5 Å². The summed E-state index contributed by atoms with van der Waals surface area (Å²) in [5.74, 6) is 0.108. The minimum absolute atomic E-state index is 0.0373. The highest BCUT2D eigenvalue weighted by Crippen LogP contribution is 2.36. The molecule has 0 unspecified atom stereocenters. The summed E-state index contributed by atoms with van der Waals surface area (Å²) >= 11 is 18.9. The fourth-order valence-corrected chi connectivity index (χ4v) is 5.38. The Bertz CT molecular complexity index is 1370. The van der Waals surface area contributed by atoms with Crippen LogP contribution in [0.3, 0.4) is 0 Å². The first-order valence-corrected chi connectivity index (χ1v) is 13.3. The predicted octanol–water partition coefficient (Wildman–Crippen LogP) is 6.97. The van der Waals surface area contributed by atoms with Crippen molar-refractivity contribution in [1.29, 1.82) is 0 Å². The number of carbonyl (C=O) groups is 1. The molecule has 6 nitrogen and oxygen atoms in total. The first-order chi connectivity index (χ1) is 16.9. The summed E-state index contributed by atoms with van der Waals surface area (Å²) in [4.78, 5) is 33.0. The largest absolute Gasteiger partial charge is 0.437 e. The van der Waals surface area contributed by atoms with E-state index >= 15 is 0 Å². The number of amides is 1. The molecule has 1 amide bonds. The van der Waals surface area contributed by atoms with Crippen LogP contribution in [0.1, 0.15) is 44.6 Å². The summed E-state index contributed by atoms with van der Waals surface area (Å²) < 4.78 is 7.84. The Morgan fingerprint density at radius 3 is 2.69 bits per heavy atom. The molecule has 3 heterocycles. The van der Waals surface area contributed by atoms with Gasteiger partial charge in [0.15, 0.2) is 0 Å². The molecule has 1 aromatic carbocycles. The van der Waals surface area contributed by atoms with Gasteiger partial charge in [-0.1, -0.05) is 85.9 Å². The van der Waals surface area contributed by atoms with Gasteiger partial charge in [0.25, 0.3) is 11.5 Å². The molecule has 0 saturated carbocycles. The second-order valence-corrected chi connectivity index (χ2v) is 10.5. The van der Waals surface area contributed by atoms with E-state index in [4.69, 9.17) is 40.2 Å². The number of nitrogens with zero attached hydrogens (tertiary/aromatic N) is 3. The highest BCUT2D eigenvalue weighted by atomic mass is 35.5. The van der Waals surface area contributed by atoms with E-state index in [1.807, 2.05) is 0 Å². The van der Waals surface area contributed by atoms with E-state index in [0.29, 0.717) is 26.4 Å². The third kappa shape index (κ3) is 5.89. The average Bonchev–Trinajstić information content (AvgIpc) is 3.10. The van der Waals surface area contributed by atoms with Crippen LogP contribution in [0.15, 0.2) is 52.3 Å². The first kappa shape index (κ1) is 25.7. The highest BCUT2D eigenvalue weighted by molar-refractivity contribution is 8.26. The number of fused-ring (bicyclic) bond motifs is 1. The van der Waals surface area contributed by atoms with Gasteiger partial charge in [0.05, 0.1) is 9.93 Å². The molecule has 0 aliphatic carbocycles. The Morgan fingerprint density at radius 1 is 1.11 bits per heavy atom. The van der Waals surface area contributed by atoms with Crippen LogP contribution in [0.5, 0.6) is 11.6 Å². The van der Waals surface area contributed by atoms with E-state index < -0.39 is 0 Å². The van der Waals surface area contributed by atoms with Gasteiger partial charge in [0.1, 0.15) is 21.3 Å². The van der Waals surface area contributed by atoms with Gasteiger partial charge >= 0.3 is 0 Å². The Labute approximate surface area is 222 Å². The fraction of sp³-hybridized carbons (Fsp3) is 0.280. The summed E-state index contributed by atoms with van der Waals surface area (Å²) in [7, 11) is 0. The van der Waals surface area contributed by atoms with Gasteiger partial charge in [-0.3, -0.25) is 18.9 Å². The number of hydrogen-bond acceptors (Lipinski definition) is 6. The van der Waals surface area contributed by atoms with Crippen LogP contribution in [0.4, 0.5) is 0 Å². The predicted molar refractivity (Wildman–Crippen MR) is 147 cm³/mol. The normalized spacial score (nSPS) is 14.9. The SMILES string of the molecule is CCCCCCCN1C(=O)/C(=C\c2c(Oc3ccc(Cl)cc3Cl)nc3ccccn3c2=O)SC1=S. The van der Waals surface area contributed by atoms with E-state index in [1.54, 1.807) is 41.4 Å². The number of rotatable bonds is 9. The van der Waals surface area contributed by atoms with Crippen molar-refractivity contribution in [1.82, 2.24) is 14.3 Å². The van der Waals surface area contributed by atoms with Gasteiger partial charge in [0.2, 0.25) is 5.88 Å². The van der Waals surface area contributed by atoms with Crippen molar-refractivity contribution >= 4 is 69.1 Å². The van der Waals surface area contributed by atoms with Gasteiger partial charge < -0.3 is 4.74 Å². The van der Waals surface area contributed by atoms with E-state index in [-0.39, 0.29) is 33.7 Å². The van der Waals surface area contributed by atoms with Gasteiger partial charge in [-0.05, 0) is 42.8 Å². The lowest BCUT2D eigenvalue weighted by Gasteiger charge is -2.14. The lowest BCUT2D eigenvalue weighted by Crippen LogP contribution is -2.29. The summed E-state index contributed by atoms with van der Waals surface area (Å²) in [6.45, 7) is 2.72. The molecule has 1 aliphatic rings. The zero-order chi connectivity index (χ0) is 24.9. The molecule has 0 bridgehead atoms. The van der Waals surface area contributed by atoms with Crippen LogP contribution >= 0.6 is 47.2 Å². The minimum Gasteiger partial charge on any atom is -0.437 e. The Hall–Kier alpha value is -2.39. The summed E-state index contributed by atoms with van der Waals surface area (Å²) in [6.07, 6.45) is 8.51. The molecule has 1 saturated heterocycles. The average molecular weight is 549 g/mol. The van der Waals surface area contributed by atoms with Gasteiger partial charge in [-0.15, -0.1) is 0 Å². The van der Waals surface area contributed by atoms with Crippen LogP contribution in [0, 0.1) is 0 Å². The number of halogens is 2. The Balaban J connectivity index is 1.69. The molecule has 0 spiro atoms. The Kier molecular flexibility index (Phi) is 8.49. The first-order valence-electron chi connectivity index (χ1n) is 11.3. The molecule has 10 heteroatoms. The second-order valence-electron chi connectivity index (χ2n) is 7.99. The van der Waals surface area contributed by atoms with Crippen molar-refractivity contribution in [2.45, 2.75) is 39.0 Å². The topological polar surface area (TPSA) is 63.9 Å². The molecule has 0 radical (unpaired) electrons.